The van der Waals surface area contributed by atoms with Gasteiger partial charge in [0, 0.05) is 21.9 Å². The maximum absolute atomic E-state index is 9.75. The Balaban J connectivity index is 1.21. The lowest BCUT2D eigenvalue weighted by atomic mass is 9.91. The van der Waals surface area contributed by atoms with Crippen LogP contribution in [0.5, 0.6) is 0 Å². The van der Waals surface area contributed by atoms with Gasteiger partial charge in [0.2, 0.25) is 0 Å². The van der Waals surface area contributed by atoms with Crippen LogP contribution in [0.4, 0.5) is 0 Å². The van der Waals surface area contributed by atoms with E-state index in [1.165, 1.54) is 0 Å². The summed E-state index contributed by atoms with van der Waals surface area (Å²) in [5.41, 5.74) is -0.765. The van der Waals surface area contributed by atoms with Crippen LogP contribution in [-0.4, -0.2) is 15.0 Å². The molecule has 0 unspecified atom stereocenters. The number of benzene rings is 8. The quantitative estimate of drug-likeness (QED) is 0.166. The molecular weight excluding hydrogens is 671 g/mol. The van der Waals surface area contributed by atoms with Crippen molar-refractivity contribution in [3.8, 4) is 45.0 Å². The molecule has 0 saturated heterocycles. The Kier molecular flexibility index (Phi) is 4.12. The van der Waals surface area contributed by atoms with Gasteiger partial charge in [0.05, 0.1) is 26.0 Å². The van der Waals surface area contributed by atoms with E-state index in [1.807, 2.05) is 48.6 Å². The third-order valence-corrected chi connectivity index (χ3v) is 9.48. The van der Waals surface area contributed by atoms with Crippen LogP contribution in [0.25, 0.3) is 105 Å². The Morgan fingerprint density at radius 3 is 1.75 bits per heavy atom. The largest absolute Gasteiger partial charge is 0.456 e. The lowest BCUT2D eigenvalue weighted by molar-refractivity contribution is 0.669. The second-order valence-corrected chi connectivity index (χ2v) is 12.8. The number of allylic oxidation sites excluding steroid dienone is 4. The van der Waals surface area contributed by atoms with Crippen molar-refractivity contribution in [2.45, 2.75) is 12.8 Å². The normalized spacial score (nSPS) is 17.8. The maximum atomic E-state index is 9.75. The Hall–Kier alpha value is -7.17. The molecule has 2 heterocycles. The van der Waals surface area contributed by atoms with E-state index in [1.54, 1.807) is 12.1 Å². The highest BCUT2D eigenvalue weighted by molar-refractivity contribution is 6.25. The van der Waals surface area contributed by atoms with Gasteiger partial charge in [-0.15, -0.1) is 0 Å². The van der Waals surface area contributed by atoms with E-state index in [2.05, 4.69) is 0 Å². The highest BCUT2D eigenvalue weighted by atomic mass is 16.3. The van der Waals surface area contributed by atoms with E-state index < -0.39 is 175 Å². The fourth-order valence-electron chi connectivity index (χ4n) is 6.87. The Bertz CT molecular complexity index is 4280. The van der Waals surface area contributed by atoms with E-state index in [4.69, 9.17) is 33.1 Å². The van der Waals surface area contributed by atoms with Crippen LogP contribution >= 0.6 is 0 Å². The molecule has 8 aromatic carbocycles. The van der Waals surface area contributed by atoms with Crippen molar-refractivity contribution in [2.24, 2.45) is 0 Å². The summed E-state index contributed by atoms with van der Waals surface area (Å²) >= 11 is 0. The van der Waals surface area contributed by atoms with Crippen LogP contribution in [0.3, 0.4) is 0 Å². The van der Waals surface area contributed by atoms with E-state index in [0.717, 1.165) is 10.8 Å². The molecule has 1 aliphatic carbocycles. The van der Waals surface area contributed by atoms with Gasteiger partial charge >= 0.3 is 0 Å². The molecule has 0 radical (unpaired) electrons. The first kappa shape index (κ1) is 17.8. The van der Waals surface area contributed by atoms with Crippen LogP contribution < -0.4 is 0 Å². The van der Waals surface area contributed by atoms with Crippen LogP contribution in [0.1, 0.15) is 44.7 Å². The molecule has 1 aliphatic rings. The number of fused-ring (bicyclic) bond motifs is 9. The molecule has 0 atom stereocenters. The van der Waals surface area contributed by atoms with Gasteiger partial charge < -0.3 is 4.42 Å². The van der Waals surface area contributed by atoms with Crippen molar-refractivity contribution in [3.63, 3.8) is 0 Å². The summed E-state index contributed by atoms with van der Waals surface area (Å²) in [6, 6.07) is -2.52. The van der Waals surface area contributed by atoms with Gasteiger partial charge in [-0.25, -0.2) is 15.0 Å². The zero-order chi connectivity index (χ0) is 52.8. The first-order chi connectivity index (χ1) is 35.2. The van der Waals surface area contributed by atoms with Gasteiger partial charge in [0.15, 0.2) is 17.5 Å². The van der Waals surface area contributed by atoms with Crippen LogP contribution in [0.15, 0.2) is 180 Å². The molecule has 10 aromatic rings. The second kappa shape index (κ2) is 12.8. The maximum Gasteiger partial charge on any atom is 0.164 e. The van der Waals surface area contributed by atoms with Crippen molar-refractivity contribution in [1.29, 1.82) is 0 Å². The number of aromatic nitrogens is 3. The Labute approximate surface area is 344 Å². The molecule has 0 bridgehead atoms. The third kappa shape index (κ3) is 5.42. The van der Waals surface area contributed by atoms with Crippen molar-refractivity contribution < 1.29 is 30.5 Å². The van der Waals surface area contributed by atoms with Crippen LogP contribution in [0.2, 0.25) is 0 Å². The molecule has 2 aromatic heterocycles. The Morgan fingerprint density at radius 2 is 1.04 bits per heavy atom. The lowest BCUT2D eigenvalue weighted by Gasteiger charge is -2.13. The average Bonchev–Trinajstić information content (AvgIpc) is 3.78. The smallest absolute Gasteiger partial charge is 0.164 e. The minimum Gasteiger partial charge on any atom is -0.456 e. The molecular formula is C51H33N3O. The zero-order valence-electron chi connectivity index (χ0n) is 47.4. The monoisotopic (exact) mass is 722 g/mol. The average molecular weight is 723 g/mol. The van der Waals surface area contributed by atoms with Gasteiger partial charge in [-0.1, -0.05) is 133 Å². The predicted octanol–water partition coefficient (Wildman–Crippen LogP) is 13.6. The molecule has 55 heavy (non-hydrogen) atoms. The van der Waals surface area contributed by atoms with Gasteiger partial charge in [0.1, 0.15) is 11.2 Å². The SMILES string of the molecule is [2H]c1c([2H])c(-c2nc(C3=CC=CCC3)nc(-c3ccc4oc5ccccc5c4c3)n2)c([2H])c(-c2c([2H])c([2H])c([2H])c(-c3c([2H])c([2H])c4c5c([2H])c([2H])c([2H])c([2H])c5c5c([2H])c([2H])c([2H])c([2H])c5c4c3[2H])c2[2H])c1[2H]. The number of hydrogen-bond acceptors (Lipinski definition) is 4. The summed E-state index contributed by atoms with van der Waals surface area (Å²) in [6.45, 7) is 0. The Morgan fingerprint density at radius 1 is 0.455 bits per heavy atom. The molecule has 0 aliphatic heterocycles. The molecule has 11 rings (SSSR count). The van der Waals surface area contributed by atoms with Gasteiger partial charge in [0.25, 0.3) is 0 Å². The first-order valence-electron chi connectivity index (χ1n) is 26.8. The summed E-state index contributed by atoms with van der Waals surface area (Å²) in [5.74, 6) is 0.0141. The number of nitrogens with zero attached hydrogens (tertiary/aromatic N) is 3. The van der Waals surface area contributed by atoms with E-state index in [0.29, 0.717) is 35.1 Å². The fraction of sp³-hybridized carbons (Fsp3) is 0.0392. The van der Waals surface area contributed by atoms with Crippen molar-refractivity contribution >= 4 is 59.8 Å². The van der Waals surface area contributed by atoms with Crippen LogP contribution in [-0.2, 0) is 0 Å². The van der Waals surface area contributed by atoms with Crippen molar-refractivity contribution in [1.82, 2.24) is 15.0 Å². The molecule has 0 spiro atoms. The lowest BCUT2D eigenvalue weighted by Crippen LogP contribution is -2.03. The van der Waals surface area contributed by atoms with Crippen LogP contribution in [0, 0.1) is 0 Å². The molecule has 4 nitrogen and oxygen atoms in total. The molecule has 0 saturated carbocycles. The van der Waals surface area contributed by atoms with Gasteiger partial charge in [-0.2, -0.15) is 0 Å². The fourth-order valence-corrected chi connectivity index (χ4v) is 6.87. The van der Waals surface area contributed by atoms with Crippen molar-refractivity contribution in [3.05, 3.63) is 181 Å². The zero-order valence-corrected chi connectivity index (χ0v) is 28.4. The highest BCUT2D eigenvalue weighted by Crippen LogP contribution is 2.38. The van der Waals surface area contributed by atoms with Gasteiger partial charge in [-0.3, -0.25) is 0 Å². The summed E-state index contributed by atoms with van der Waals surface area (Å²) in [6.07, 6.45) is 6.76. The summed E-state index contributed by atoms with van der Waals surface area (Å²) in [7, 11) is 0. The number of hydrogen-bond donors (Lipinski definition) is 0. The minimum atomic E-state index is -0.929. The standard InChI is InChI=1S/C51H33N3O/c1-2-12-32(13-3-1)49-52-50(54-51(53-49)38-25-27-48-46(31-38)44-22-8-9-23-47(44)55-48)37-17-11-16-35(29-37)33-14-10-15-34(28-33)36-24-26-43-41-20-5-4-18-39(41)40-19-6-7-21-42(40)45(43)30-36/h1-2,4-12,14-31H,3,13H2/i4D,5D,6D,7D,10D,11D,14D,15D,16D,17D,18D,19D,20D,21D,24D,26D,28D,29D,30D. The summed E-state index contributed by atoms with van der Waals surface area (Å²) in [4.78, 5) is 14.3. The molecule has 0 N–H and O–H groups in total. The molecule has 0 amide bonds. The van der Waals surface area contributed by atoms with E-state index >= 15 is 0 Å². The molecule has 4 heteroatoms. The van der Waals surface area contributed by atoms with E-state index in [-0.39, 0.29) is 17.5 Å². The molecule has 258 valence electrons. The number of rotatable bonds is 5. The highest BCUT2D eigenvalue weighted by Gasteiger charge is 2.17. The van der Waals surface area contributed by atoms with Gasteiger partial charge in [-0.05, 0) is 115 Å². The van der Waals surface area contributed by atoms with E-state index in [9.17, 15) is 12.3 Å². The topological polar surface area (TPSA) is 51.8 Å². The minimum absolute atomic E-state index is 0.111. The number of para-hydroxylation sites is 1. The van der Waals surface area contributed by atoms with Crippen molar-refractivity contribution in [2.75, 3.05) is 0 Å². The first-order valence-corrected chi connectivity index (χ1v) is 17.3. The summed E-state index contributed by atoms with van der Waals surface area (Å²) in [5, 5.41) is -1.10. The third-order valence-electron chi connectivity index (χ3n) is 9.48. The summed E-state index contributed by atoms with van der Waals surface area (Å²) < 4.78 is 179. The predicted molar refractivity (Wildman–Crippen MR) is 228 cm³/mol. The molecule has 0 fully saturated rings. The number of furan rings is 1. The second-order valence-electron chi connectivity index (χ2n) is 12.8.